The first-order valence-electron chi connectivity index (χ1n) is 7.88. The second kappa shape index (κ2) is 8.42. The molecule has 0 saturated carbocycles. The van der Waals surface area contributed by atoms with E-state index in [9.17, 15) is 18.4 Å². The average molecular weight is 363 g/mol. The van der Waals surface area contributed by atoms with Gasteiger partial charge in [-0.15, -0.1) is 0 Å². The molecule has 0 fully saturated rings. The van der Waals surface area contributed by atoms with Crippen molar-refractivity contribution in [3.63, 3.8) is 0 Å². The van der Waals surface area contributed by atoms with E-state index in [0.29, 0.717) is 11.3 Å². The van der Waals surface area contributed by atoms with Gasteiger partial charge in [0.2, 0.25) is 0 Å². The van der Waals surface area contributed by atoms with E-state index in [1.54, 1.807) is 26.0 Å². The lowest BCUT2D eigenvalue weighted by atomic mass is 10.1. The predicted molar refractivity (Wildman–Crippen MR) is 90.9 cm³/mol. The number of amides is 1. The standard InChI is InChI=1S/C19H19F2NO4/c1-11-4-5-13(19(24)25-3)8-17(11)26-10-18(23)22-12(2)15-7-6-14(20)9-16(15)21/h4-9,12H,10H2,1-3H3,(H,22,23)/t12-/m0/s1. The number of rotatable bonds is 6. The van der Waals surface area contributed by atoms with Crippen molar-refractivity contribution in [1.29, 1.82) is 0 Å². The smallest absolute Gasteiger partial charge is 0.337 e. The van der Waals surface area contributed by atoms with Gasteiger partial charge in [0.25, 0.3) is 5.91 Å². The lowest BCUT2D eigenvalue weighted by Crippen LogP contribution is -2.31. The Kier molecular flexibility index (Phi) is 6.27. The summed E-state index contributed by atoms with van der Waals surface area (Å²) in [6.07, 6.45) is 0. The van der Waals surface area contributed by atoms with E-state index in [0.717, 1.165) is 17.7 Å². The number of nitrogens with one attached hydrogen (secondary N) is 1. The van der Waals surface area contributed by atoms with Crippen molar-refractivity contribution in [2.24, 2.45) is 0 Å². The molecular weight excluding hydrogens is 344 g/mol. The third-order valence-electron chi connectivity index (χ3n) is 3.77. The normalized spacial score (nSPS) is 11.6. The minimum Gasteiger partial charge on any atom is -0.483 e. The summed E-state index contributed by atoms with van der Waals surface area (Å²) in [5.41, 5.74) is 1.21. The topological polar surface area (TPSA) is 64.6 Å². The van der Waals surface area contributed by atoms with Gasteiger partial charge in [-0.2, -0.15) is 0 Å². The molecule has 7 heteroatoms. The van der Waals surface area contributed by atoms with Gasteiger partial charge in [-0.3, -0.25) is 4.79 Å². The molecule has 0 aliphatic heterocycles. The Morgan fingerprint density at radius 3 is 2.54 bits per heavy atom. The van der Waals surface area contributed by atoms with E-state index in [2.05, 4.69) is 10.1 Å². The molecule has 0 heterocycles. The van der Waals surface area contributed by atoms with E-state index in [1.165, 1.54) is 19.2 Å². The number of ether oxygens (including phenoxy) is 2. The Labute approximate surface area is 149 Å². The fourth-order valence-electron chi connectivity index (χ4n) is 2.36. The summed E-state index contributed by atoms with van der Waals surface area (Å²) in [6.45, 7) is 3.03. The maximum atomic E-state index is 13.7. The van der Waals surface area contributed by atoms with Crippen LogP contribution in [-0.4, -0.2) is 25.6 Å². The second-order valence-corrected chi connectivity index (χ2v) is 5.72. The highest BCUT2D eigenvalue weighted by Crippen LogP contribution is 2.21. The zero-order chi connectivity index (χ0) is 19.3. The second-order valence-electron chi connectivity index (χ2n) is 5.72. The largest absolute Gasteiger partial charge is 0.483 e. The molecule has 0 aliphatic rings. The summed E-state index contributed by atoms with van der Waals surface area (Å²) in [6, 6.07) is 7.26. The maximum Gasteiger partial charge on any atom is 0.337 e. The number of carbonyl (C=O) groups excluding carboxylic acids is 2. The van der Waals surface area contributed by atoms with Crippen LogP contribution >= 0.6 is 0 Å². The van der Waals surface area contributed by atoms with Crippen molar-refractivity contribution >= 4 is 11.9 Å². The van der Waals surface area contributed by atoms with Gasteiger partial charge < -0.3 is 14.8 Å². The molecule has 1 N–H and O–H groups in total. The number of methoxy groups -OCH3 is 1. The van der Waals surface area contributed by atoms with E-state index in [1.807, 2.05) is 0 Å². The number of hydrogen-bond acceptors (Lipinski definition) is 4. The Bertz CT molecular complexity index is 823. The monoisotopic (exact) mass is 363 g/mol. The third kappa shape index (κ3) is 4.78. The van der Waals surface area contributed by atoms with E-state index in [4.69, 9.17) is 4.74 Å². The highest BCUT2D eigenvalue weighted by molar-refractivity contribution is 5.90. The van der Waals surface area contributed by atoms with Crippen molar-refractivity contribution in [3.8, 4) is 5.75 Å². The molecule has 0 bridgehead atoms. The van der Waals surface area contributed by atoms with Crippen LogP contribution in [0, 0.1) is 18.6 Å². The fourth-order valence-corrected chi connectivity index (χ4v) is 2.36. The third-order valence-corrected chi connectivity index (χ3v) is 3.77. The zero-order valence-electron chi connectivity index (χ0n) is 14.6. The average Bonchev–Trinajstić information content (AvgIpc) is 2.60. The highest BCUT2D eigenvalue weighted by Gasteiger charge is 2.15. The van der Waals surface area contributed by atoms with E-state index in [-0.39, 0.29) is 12.2 Å². The number of esters is 1. The van der Waals surface area contributed by atoms with Crippen molar-refractivity contribution in [2.45, 2.75) is 19.9 Å². The molecule has 138 valence electrons. The van der Waals surface area contributed by atoms with Crippen LogP contribution < -0.4 is 10.1 Å². The van der Waals surface area contributed by atoms with Crippen LogP contribution in [-0.2, 0) is 9.53 Å². The van der Waals surface area contributed by atoms with E-state index >= 15 is 0 Å². The summed E-state index contributed by atoms with van der Waals surface area (Å²) in [5, 5.41) is 2.58. The van der Waals surface area contributed by atoms with Crippen LogP contribution in [0.25, 0.3) is 0 Å². The van der Waals surface area contributed by atoms with Gasteiger partial charge in [-0.05, 0) is 37.6 Å². The lowest BCUT2D eigenvalue weighted by molar-refractivity contribution is -0.123. The number of aryl methyl sites for hydroxylation is 1. The van der Waals surface area contributed by atoms with Gasteiger partial charge >= 0.3 is 5.97 Å². The van der Waals surface area contributed by atoms with Crippen LogP contribution in [0.2, 0.25) is 0 Å². The zero-order valence-corrected chi connectivity index (χ0v) is 14.6. The molecule has 0 aliphatic carbocycles. The molecule has 2 aromatic rings. The van der Waals surface area contributed by atoms with Crippen molar-refractivity contribution < 1.29 is 27.8 Å². The molecule has 1 atom stereocenters. The van der Waals surface area contributed by atoms with Crippen LogP contribution in [0.5, 0.6) is 5.75 Å². The first-order chi connectivity index (χ1) is 12.3. The highest BCUT2D eigenvalue weighted by atomic mass is 19.1. The van der Waals surface area contributed by atoms with Crippen molar-refractivity contribution in [2.75, 3.05) is 13.7 Å². The first-order valence-corrected chi connectivity index (χ1v) is 7.88. The minimum absolute atomic E-state index is 0.170. The van der Waals surface area contributed by atoms with E-state index < -0.39 is 29.6 Å². The molecule has 0 unspecified atom stereocenters. The molecular formula is C19H19F2NO4. The molecule has 0 aromatic heterocycles. The Morgan fingerprint density at radius 2 is 1.88 bits per heavy atom. The van der Waals surface area contributed by atoms with Crippen LogP contribution in [0.1, 0.15) is 34.5 Å². The van der Waals surface area contributed by atoms with Gasteiger partial charge in [0, 0.05) is 11.6 Å². The van der Waals surface area contributed by atoms with Gasteiger partial charge in [0.05, 0.1) is 18.7 Å². The van der Waals surface area contributed by atoms with Gasteiger partial charge in [0.1, 0.15) is 17.4 Å². The summed E-state index contributed by atoms with van der Waals surface area (Å²) in [7, 11) is 1.27. The number of hydrogen-bond donors (Lipinski definition) is 1. The van der Waals surface area contributed by atoms with Gasteiger partial charge in [-0.25, -0.2) is 13.6 Å². The van der Waals surface area contributed by atoms with Crippen molar-refractivity contribution in [3.05, 3.63) is 64.7 Å². The first kappa shape index (κ1) is 19.4. The van der Waals surface area contributed by atoms with Crippen molar-refractivity contribution in [1.82, 2.24) is 5.32 Å². The number of benzene rings is 2. The molecule has 2 rings (SSSR count). The predicted octanol–water partition coefficient (Wildman–Crippen LogP) is 3.32. The van der Waals surface area contributed by atoms with Gasteiger partial charge in [0.15, 0.2) is 6.61 Å². The molecule has 26 heavy (non-hydrogen) atoms. The maximum absolute atomic E-state index is 13.7. The SMILES string of the molecule is COC(=O)c1ccc(C)c(OCC(=O)N[C@@H](C)c2ccc(F)cc2F)c1. The molecule has 0 radical (unpaired) electrons. The van der Waals surface area contributed by atoms with Gasteiger partial charge in [-0.1, -0.05) is 12.1 Å². The summed E-state index contributed by atoms with van der Waals surface area (Å²) >= 11 is 0. The number of carbonyl (C=O) groups is 2. The lowest BCUT2D eigenvalue weighted by Gasteiger charge is -2.16. The Balaban J connectivity index is 1.99. The summed E-state index contributed by atoms with van der Waals surface area (Å²) in [5.74, 6) is -2.05. The molecule has 5 nitrogen and oxygen atoms in total. The summed E-state index contributed by atoms with van der Waals surface area (Å²) < 4.78 is 36.8. The summed E-state index contributed by atoms with van der Waals surface area (Å²) in [4.78, 5) is 23.6. The Hall–Kier alpha value is -2.96. The minimum atomic E-state index is -0.736. The molecule has 0 saturated heterocycles. The molecule has 1 amide bonds. The quantitative estimate of drug-likeness (QED) is 0.800. The fraction of sp³-hybridized carbons (Fsp3) is 0.263. The molecule has 2 aromatic carbocycles. The van der Waals surface area contributed by atoms with Crippen LogP contribution in [0.4, 0.5) is 8.78 Å². The van der Waals surface area contributed by atoms with Crippen LogP contribution in [0.3, 0.4) is 0 Å². The Morgan fingerprint density at radius 1 is 1.15 bits per heavy atom. The van der Waals surface area contributed by atoms with Crippen LogP contribution in [0.15, 0.2) is 36.4 Å². The molecule has 0 spiro atoms. The number of halogens is 2.